The molecular formula is C13H13I3N2O6. The Bertz CT molecular complexity index is 720. The quantitative estimate of drug-likeness (QED) is 0.238. The van der Waals surface area contributed by atoms with Crippen LogP contribution in [0.5, 0.6) is 0 Å². The molecule has 0 aliphatic heterocycles. The van der Waals surface area contributed by atoms with E-state index >= 15 is 0 Å². The van der Waals surface area contributed by atoms with Crippen molar-refractivity contribution in [1.82, 2.24) is 5.32 Å². The number of aromatic carboxylic acids is 1. The Hall–Kier alpha value is -0.260. The van der Waals surface area contributed by atoms with E-state index in [2.05, 4.69) is 10.6 Å². The number of amides is 2. The van der Waals surface area contributed by atoms with Crippen molar-refractivity contribution in [2.24, 2.45) is 0 Å². The van der Waals surface area contributed by atoms with Crippen LogP contribution in [0.1, 0.15) is 34.6 Å². The van der Waals surface area contributed by atoms with E-state index in [4.69, 9.17) is 5.11 Å². The van der Waals surface area contributed by atoms with E-state index in [0.29, 0.717) is 3.57 Å². The van der Waals surface area contributed by atoms with Crippen molar-refractivity contribution in [2.75, 3.05) is 11.9 Å². The van der Waals surface area contributed by atoms with E-state index < -0.39 is 30.1 Å². The summed E-state index contributed by atoms with van der Waals surface area (Å²) in [6.07, 6.45) is 0. The standard InChI is InChI=1S/C13H13I3N2O6/c1-4(20)17-10-8(15)5(11(21)18-13(2,24)3-19)7(14)6(9(10)16)12(22)23/h19,24H,3H2,1-2H3,(H,17,20)(H,18,21)(H,22,23). The molecule has 0 saturated carbocycles. The number of rotatable bonds is 5. The fourth-order valence-corrected chi connectivity index (χ4v) is 6.07. The SMILES string of the molecule is CC(=O)Nc1c(I)c(C(=O)O)c(I)c(C(=O)NC(C)(O)CO)c1I. The first-order valence-electron chi connectivity index (χ1n) is 6.30. The summed E-state index contributed by atoms with van der Waals surface area (Å²) in [5.74, 6) is -2.44. The minimum atomic E-state index is -1.87. The second kappa shape index (κ2) is 8.41. The first kappa shape index (κ1) is 21.8. The molecule has 0 bridgehead atoms. The monoisotopic (exact) mass is 674 g/mol. The molecule has 0 aromatic heterocycles. The number of hydrogen-bond donors (Lipinski definition) is 5. The highest BCUT2D eigenvalue weighted by Crippen LogP contribution is 2.35. The molecule has 0 fully saturated rings. The first-order chi connectivity index (χ1) is 10.9. The molecule has 1 rings (SSSR count). The van der Waals surface area contributed by atoms with Gasteiger partial charge in [-0.15, -0.1) is 0 Å². The van der Waals surface area contributed by atoms with Gasteiger partial charge in [-0.05, 0) is 74.7 Å². The predicted octanol–water partition coefficient (Wildman–Crippen LogP) is 1.59. The number of carbonyl (C=O) groups is 3. The van der Waals surface area contributed by atoms with Crippen LogP contribution in [0.4, 0.5) is 5.69 Å². The number of carbonyl (C=O) groups excluding carboxylic acids is 2. The van der Waals surface area contributed by atoms with Crippen LogP contribution < -0.4 is 10.6 Å². The van der Waals surface area contributed by atoms with Crippen LogP contribution in [0.2, 0.25) is 0 Å². The van der Waals surface area contributed by atoms with Gasteiger partial charge in [-0.3, -0.25) is 9.59 Å². The number of hydrogen-bond acceptors (Lipinski definition) is 5. The van der Waals surface area contributed by atoms with E-state index in [-0.39, 0.29) is 24.0 Å². The summed E-state index contributed by atoms with van der Waals surface area (Å²) >= 11 is 5.34. The molecule has 1 unspecified atom stereocenters. The third kappa shape index (κ3) is 4.89. The average molecular weight is 674 g/mol. The van der Waals surface area contributed by atoms with Crippen LogP contribution in [-0.2, 0) is 4.79 Å². The van der Waals surface area contributed by atoms with E-state index in [9.17, 15) is 24.6 Å². The van der Waals surface area contributed by atoms with Crippen molar-refractivity contribution in [2.45, 2.75) is 19.6 Å². The van der Waals surface area contributed by atoms with Gasteiger partial charge in [0.15, 0.2) is 5.72 Å². The number of aliphatic hydroxyl groups is 2. The largest absolute Gasteiger partial charge is 0.478 e. The zero-order chi connectivity index (χ0) is 18.8. The van der Waals surface area contributed by atoms with Crippen LogP contribution >= 0.6 is 67.8 Å². The minimum absolute atomic E-state index is 0.00788. The van der Waals surface area contributed by atoms with Crippen molar-refractivity contribution in [3.05, 3.63) is 21.8 Å². The normalized spacial score (nSPS) is 13.1. The van der Waals surface area contributed by atoms with Gasteiger partial charge in [0.05, 0.1) is 30.6 Å². The van der Waals surface area contributed by atoms with Gasteiger partial charge >= 0.3 is 5.97 Å². The van der Waals surface area contributed by atoms with E-state index in [1.165, 1.54) is 13.8 Å². The summed E-state index contributed by atoms with van der Waals surface area (Å²) in [6.45, 7) is 1.74. The molecule has 5 N–H and O–H groups in total. The number of benzene rings is 1. The average Bonchev–Trinajstić information content (AvgIpc) is 2.42. The highest BCUT2D eigenvalue weighted by atomic mass is 127. The minimum Gasteiger partial charge on any atom is -0.478 e. The molecule has 0 aliphatic rings. The Morgan fingerprint density at radius 1 is 1.08 bits per heavy atom. The van der Waals surface area contributed by atoms with Gasteiger partial charge in [0.1, 0.15) is 0 Å². The number of aliphatic hydroxyl groups excluding tert-OH is 1. The molecule has 2 amide bonds. The molecule has 0 heterocycles. The maximum absolute atomic E-state index is 12.5. The van der Waals surface area contributed by atoms with Gasteiger partial charge in [0.2, 0.25) is 5.91 Å². The van der Waals surface area contributed by atoms with Crippen molar-refractivity contribution >= 4 is 91.2 Å². The fraction of sp³-hybridized carbons (Fsp3) is 0.308. The molecule has 1 aromatic carbocycles. The molecule has 1 atom stereocenters. The molecule has 0 spiro atoms. The zero-order valence-corrected chi connectivity index (χ0v) is 18.9. The molecule has 132 valence electrons. The molecular weight excluding hydrogens is 661 g/mol. The van der Waals surface area contributed by atoms with Gasteiger partial charge in [-0.1, -0.05) is 0 Å². The highest BCUT2D eigenvalue weighted by Gasteiger charge is 2.31. The smallest absolute Gasteiger partial charge is 0.337 e. The van der Waals surface area contributed by atoms with Crippen LogP contribution in [0.15, 0.2) is 0 Å². The molecule has 0 saturated heterocycles. The van der Waals surface area contributed by atoms with Gasteiger partial charge in [-0.25, -0.2) is 4.79 Å². The lowest BCUT2D eigenvalue weighted by atomic mass is 10.1. The van der Waals surface area contributed by atoms with Crippen LogP contribution in [0, 0.1) is 10.7 Å². The highest BCUT2D eigenvalue weighted by molar-refractivity contribution is 14.1. The summed E-state index contributed by atoms with van der Waals surface area (Å²) in [5, 5.41) is 33.1. The summed E-state index contributed by atoms with van der Waals surface area (Å²) in [7, 11) is 0. The topological polar surface area (TPSA) is 136 Å². The van der Waals surface area contributed by atoms with Crippen LogP contribution in [0.25, 0.3) is 0 Å². The summed E-state index contributed by atoms with van der Waals surface area (Å²) in [6, 6.07) is 0. The van der Waals surface area contributed by atoms with Gasteiger partial charge < -0.3 is 26.0 Å². The summed E-state index contributed by atoms with van der Waals surface area (Å²) < 4.78 is 0.775. The first-order valence-corrected chi connectivity index (χ1v) is 9.53. The van der Waals surface area contributed by atoms with Gasteiger partial charge in [0.25, 0.3) is 5.91 Å². The second-order valence-electron chi connectivity index (χ2n) is 4.94. The summed E-state index contributed by atoms with van der Waals surface area (Å²) in [4.78, 5) is 35.4. The Morgan fingerprint density at radius 2 is 1.58 bits per heavy atom. The van der Waals surface area contributed by atoms with Crippen molar-refractivity contribution in [3.8, 4) is 0 Å². The summed E-state index contributed by atoms with van der Waals surface area (Å²) in [5.41, 5.74) is -1.81. The van der Waals surface area contributed by atoms with Crippen molar-refractivity contribution in [1.29, 1.82) is 0 Å². The maximum atomic E-state index is 12.5. The number of anilines is 1. The molecule has 0 radical (unpaired) electrons. The lowest BCUT2D eigenvalue weighted by Crippen LogP contribution is -2.49. The number of carboxylic acids is 1. The Kier molecular flexibility index (Phi) is 7.64. The lowest BCUT2D eigenvalue weighted by Gasteiger charge is -2.24. The maximum Gasteiger partial charge on any atom is 0.337 e. The second-order valence-corrected chi connectivity index (χ2v) is 8.18. The molecule has 1 aromatic rings. The van der Waals surface area contributed by atoms with E-state index in [1.54, 1.807) is 45.2 Å². The van der Waals surface area contributed by atoms with Crippen molar-refractivity contribution in [3.63, 3.8) is 0 Å². The Labute approximate surface area is 178 Å². The third-order valence-corrected chi connectivity index (χ3v) is 5.99. The third-order valence-electron chi connectivity index (χ3n) is 2.75. The number of carboxylic acid groups (broad SMARTS) is 1. The number of halogens is 3. The lowest BCUT2D eigenvalue weighted by molar-refractivity contribution is -0.114. The van der Waals surface area contributed by atoms with Crippen LogP contribution in [-0.4, -0.2) is 45.4 Å². The molecule has 8 nitrogen and oxygen atoms in total. The molecule has 11 heteroatoms. The Balaban J connectivity index is 3.65. The number of nitrogens with one attached hydrogen (secondary N) is 2. The van der Waals surface area contributed by atoms with Gasteiger partial charge in [0, 0.05) is 10.5 Å². The fourth-order valence-electron chi connectivity index (χ4n) is 1.68. The zero-order valence-electron chi connectivity index (χ0n) is 12.4. The van der Waals surface area contributed by atoms with Gasteiger partial charge in [-0.2, -0.15) is 0 Å². The molecule has 0 aliphatic carbocycles. The molecule has 24 heavy (non-hydrogen) atoms. The Morgan fingerprint density at radius 3 is 2.00 bits per heavy atom. The van der Waals surface area contributed by atoms with E-state index in [0.717, 1.165) is 0 Å². The predicted molar refractivity (Wildman–Crippen MR) is 111 cm³/mol. The van der Waals surface area contributed by atoms with Crippen LogP contribution in [0.3, 0.4) is 0 Å². The van der Waals surface area contributed by atoms with Crippen molar-refractivity contribution < 1.29 is 29.7 Å². The van der Waals surface area contributed by atoms with E-state index in [1.807, 2.05) is 22.6 Å².